The van der Waals surface area contributed by atoms with Crippen LogP contribution in [0.5, 0.6) is 0 Å². The number of hydrogen-bond acceptors (Lipinski definition) is 3. The molecule has 1 atom stereocenters. The molecular formula is C11H21N3OS. The van der Waals surface area contributed by atoms with Gasteiger partial charge in [-0.15, -0.1) is 0 Å². The molecule has 0 aromatic heterocycles. The van der Waals surface area contributed by atoms with Gasteiger partial charge in [0, 0.05) is 31.6 Å². The first-order valence-electron chi connectivity index (χ1n) is 5.85. The number of fused-ring (bicyclic) bond motifs is 1. The molecule has 0 saturated carbocycles. The van der Waals surface area contributed by atoms with Crippen LogP contribution in [0.15, 0.2) is 0 Å². The predicted molar refractivity (Wildman–Crippen MR) is 68.2 cm³/mol. The highest BCUT2D eigenvalue weighted by molar-refractivity contribution is 7.80. The zero-order chi connectivity index (χ0) is 12.0. The normalized spacial score (nSPS) is 33.8. The lowest BCUT2D eigenvalue weighted by molar-refractivity contribution is 0.0149. The molecule has 2 fully saturated rings. The van der Waals surface area contributed by atoms with E-state index in [2.05, 4.69) is 35.9 Å². The van der Waals surface area contributed by atoms with Crippen molar-refractivity contribution in [3.63, 3.8) is 0 Å². The Morgan fingerprint density at radius 3 is 2.69 bits per heavy atom. The second-order valence-electron chi connectivity index (χ2n) is 5.57. The summed E-state index contributed by atoms with van der Waals surface area (Å²) in [6.45, 7) is 9.46. The average molecular weight is 243 g/mol. The van der Waals surface area contributed by atoms with E-state index in [1.165, 1.54) is 0 Å². The molecule has 2 aliphatic rings. The Labute approximate surface area is 103 Å². The second-order valence-corrected chi connectivity index (χ2v) is 5.96. The Bertz CT molecular complexity index is 308. The van der Waals surface area contributed by atoms with Gasteiger partial charge in [-0.3, -0.25) is 4.90 Å². The number of nitrogens with one attached hydrogen (secondary N) is 1. The number of nitrogens with zero attached hydrogens (tertiary/aromatic N) is 2. The van der Waals surface area contributed by atoms with Crippen LogP contribution in [-0.2, 0) is 0 Å². The van der Waals surface area contributed by atoms with Crippen LogP contribution < -0.4 is 5.32 Å². The monoisotopic (exact) mass is 243 g/mol. The summed E-state index contributed by atoms with van der Waals surface area (Å²) in [5, 5.41) is 13.3. The summed E-state index contributed by atoms with van der Waals surface area (Å²) in [4.78, 5) is 4.59. The van der Waals surface area contributed by atoms with Crippen molar-refractivity contribution in [1.82, 2.24) is 15.1 Å². The zero-order valence-electron chi connectivity index (χ0n) is 10.3. The SMILES string of the molecule is CC1(C)C[C@]2(C)N(CCO)CCN2C(=S)N1. The van der Waals surface area contributed by atoms with Crippen molar-refractivity contribution in [3.05, 3.63) is 0 Å². The maximum absolute atomic E-state index is 9.12. The molecule has 0 aromatic rings. The van der Waals surface area contributed by atoms with Crippen LogP contribution in [0.1, 0.15) is 27.2 Å². The molecule has 4 nitrogen and oxygen atoms in total. The van der Waals surface area contributed by atoms with Crippen molar-refractivity contribution in [2.45, 2.75) is 38.4 Å². The standard InChI is InChI=1S/C11H21N3OS/c1-10(2)8-11(3)13(6-7-15)4-5-14(11)9(16)12-10/h15H,4-8H2,1-3H3,(H,12,16)/t11-/m1/s1. The number of hydrogen-bond donors (Lipinski definition) is 2. The highest BCUT2D eigenvalue weighted by Crippen LogP contribution is 2.37. The van der Waals surface area contributed by atoms with E-state index in [0.717, 1.165) is 31.2 Å². The molecule has 0 aliphatic carbocycles. The summed E-state index contributed by atoms with van der Waals surface area (Å²) in [7, 11) is 0. The molecule has 2 saturated heterocycles. The number of rotatable bonds is 2. The van der Waals surface area contributed by atoms with Gasteiger partial charge >= 0.3 is 0 Å². The zero-order valence-corrected chi connectivity index (χ0v) is 11.1. The fraction of sp³-hybridized carbons (Fsp3) is 0.909. The topological polar surface area (TPSA) is 38.7 Å². The van der Waals surface area contributed by atoms with Gasteiger partial charge in [-0.25, -0.2) is 0 Å². The lowest BCUT2D eigenvalue weighted by Crippen LogP contribution is -2.67. The highest BCUT2D eigenvalue weighted by Gasteiger charge is 2.50. The van der Waals surface area contributed by atoms with Crippen LogP contribution in [0.2, 0.25) is 0 Å². The molecule has 16 heavy (non-hydrogen) atoms. The third-order valence-electron chi connectivity index (χ3n) is 3.69. The third kappa shape index (κ3) is 1.81. The Kier molecular flexibility index (Phi) is 2.88. The predicted octanol–water partition coefficient (Wildman–Crippen LogP) is 0.369. The van der Waals surface area contributed by atoms with Gasteiger partial charge < -0.3 is 15.3 Å². The summed E-state index contributed by atoms with van der Waals surface area (Å²) < 4.78 is 0. The first-order valence-corrected chi connectivity index (χ1v) is 6.26. The fourth-order valence-electron chi connectivity index (χ4n) is 3.11. The first-order chi connectivity index (χ1) is 7.39. The van der Waals surface area contributed by atoms with Crippen molar-refractivity contribution in [2.24, 2.45) is 0 Å². The largest absolute Gasteiger partial charge is 0.395 e. The third-order valence-corrected chi connectivity index (χ3v) is 4.02. The Balaban J connectivity index is 2.25. The minimum atomic E-state index is -0.0332. The lowest BCUT2D eigenvalue weighted by Gasteiger charge is -2.51. The van der Waals surface area contributed by atoms with Crippen molar-refractivity contribution >= 4 is 17.3 Å². The number of aliphatic hydroxyl groups excluding tert-OH is 1. The van der Waals surface area contributed by atoms with E-state index in [9.17, 15) is 0 Å². The van der Waals surface area contributed by atoms with Gasteiger partial charge in [0.1, 0.15) is 0 Å². The van der Waals surface area contributed by atoms with Crippen LogP contribution in [0, 0.1) is 0 Å². The number of aliphatic hydroxyl groups is 1. The Hall–Kier alpha value is -0.390. The van der Waals surface area contributed by atoms with Crippen molar-refractivity contribution < 1.29 is 5.11 Å². The van der Waals surface area contributed by atoms with E-state index in [1.54, 1.807) is 0 Å². The van der Waals surface area contributed by atoms with Crippen LogP contribution in [0.25, 0.3) is 0 Å². The number of thiocarbonyl (C=S) groups is 1. The molecule has 0 amide bonds. The molecule has 0 aromatic carbocycles. The van der Waals surface area contributed by atoms with Gasteiger partial charge in [-0.1, -0.05) is 0 Å². The van der Waals surface area contributed by atoms with Gasteiger partial charge in [0.2, 0.25) is 0 Å². The maximum Gasteiger partial charge on any atom is 0.170 e. The maximum atomic E-state index is 9.12. The summed E-state index contributed by atoms with van der Waals surface area (Å²) in [5.74, 6) is 0. The van der Waals surface area contributed by atoms with Crippen molar-refractivity contribution in [3.8, 4) is 0 Å². The van der Waals surface area contributed by atoms with Gasteiger partial charge in [0.25, 0.3) is 0 Å². The van der Waals surface area contributed by atoms with E-state index < -0.39 is 0 Å². The van der Waals surface area contributed by atoms with Crippen LogP contribution in [-0.4, -0.2) is 57.5 Å². The average Bonchev–Trinajstić information content (AvgIpc) is 2.41. The molecular weight excluding hydrogens is 222 g/mol. The van der Waals surface area contributed by atoms with Gasteiger partial charge in [0.05, 0.1) is 12.3 Å². The molecule has 0 radical (unpaired) electrons. The molecule has 92 valence electrons. The quantitative estimate of drug-likeness (QED) is 0.686. The first kappa shape index (κ1) is 12.1. The molecule has 0 spiro atoms. The molecule has 2 N–H and O–H groups in total. The molecule has 2 heterocycles. The minimum absolute atomic E-state index is 0.0282. The van der Waals surface area contributed by atoms with E-state index in [1.807, 2.05) is 0 Å². The van der Waals surface area contributed by atoms with E-state index in [4.69, 9.17) is 17.3 Å². The Morgan fingerprint density at radius 2 is 2.06 bits per heavy atom. The van der Waals surface area contributed by atoms with Gasteiger partial charge in [-0.05, 0) is 33.0 Å². The Morgan fingerprint density at radius 1 is 1.38 bits per heavy atom. The molecule has 2 aliphatic heterocycles. The highest BCUT2D eigenvalue weighted by atomic mass is 32.1. The van der Waals surface area contributed by atoms with E-state index >= 15 is 0 Å². The minimum Gasteiger partial charge on any atom is -0.395 e. The molecule has 0 unspecified atom stereocenters. The number of β-amino-alcohol motifs (C(OH)–C–C–N with tert-alkyl or cyclic N) is 1. The van der Waals surface area contributed by atoms with Crippen LogP contribution >= 0.6 is 12.2 Å². The van der Waals surface area contributed by atoms with Crippen molar-refractivity contribution in [1.29, 1.82) is 0 Å². The summed E-state index contributed by atoms with van der Waals surface area (Å²) in [6.07, 6.45) is 1.01. The van der Waals surface area contributed by atoms with E-state index in [-0.39, 0.29) is 17.8 Å². The van der Waals surface area contributed by atoms with Gasteiger partial charge in [-0.2, -0.15) is 0 Å². The van der Waals surface area contributed by atoms with Gasteiger partial charge in [0.15, 0.2) is 5.11 Å². The molecule has 0 bridgehead atoms. The molecule has 5 heteroatoms. The summed E-state index contributed by atoms with van der Waals surface area (Å²) in [6, 6.07) is 0. The van der Waals surface area contributed by atoms with Crippen molar-refractivity contribution in [2.75, 3.05) is 26.2 Å². The van der Waals surface area contributed by atoms with Crippen LogP contribution in [0.3, 0.4) is 0 Å². The van der Waals surface area contributed by atoms with E-state index in [0.29, 0.717) is 0 Å². The van der Waals surface area contributed by atoms with Crippen LogP contribution in [0.4, 0.5) is 0 Å². The second kappa shape index (κ2) is 3.82. The summed E-state index contributed by atoms with van der Waals surface area (Å²) in [5.41, 5.74) is -0.00502. The smallest absolute Gasteiger partial charge is 0.170 e. The lowest BCUT2D eigenvalue weighted by atomic mass is 9.88. The molecule has 2 rings (SSSR count). The summed E-state index contributed by atoms with van der Waals surface area (Å²) >= 11 is 5.43. The fourth-order valence-corrected chi connectivity index (χ4v) is 3.68.